The number of carboxylic acid groups (broad SMARTS) is 1. The number of hydrogen-bond acceptors (Lipinski definition) is 7. The molecule has 0 saturated heterocycles. The maximum atomic E-state index is 13.8. The zero-order chi connectivity index (χ0) is 28.0. The van der Waals surface area contributed by atoms with E-state index in [0.717, 1.165) is 4.90 Å². The van der Waals surface area contributed by atoms with Gasteiger partial charge in [-0.2, -0.15) is 4.72 Å². The fourth-order valence-corrected chi connectivity index (χ4v) is 5.13. The lowest BCUT2D eigenvalue weighted by Crippen LogP contribution is -2.51. The molecule has 0 radical (unpaired) electrons. The Labute approximate surface area is 224 Å². The van der Waals surface area contributed by atoms with Gasteiger partial charge in [-0.05, 0) is 18.2 Å². The van der Waals surface area contributed by atoms with Gasteiger partial charge in [0.15, 0.2) is 6.17 Å². The predicted molar refractivity (Wildman–Crippen MR) is 142 cm³/mol. The number of fused-ring (bicyclic) bond motifs is 1. The van der Waals surface area contributed by atoms with Gasteiger partial charge in [0.1, 0.15) is 12.8 Å². The third kappa shape index (κ3) is 6.43. The summed E-state index contributed by atoms with van der Waals surface area (Å²) >= 11 is 0. The van der Waals surface area contributed by atoms with E-state index in [9.17, 15) is 27.6 Å². The van der Waals surface area contributed by atoms with E-state index < -0.39 is 53.0 Å². The number of carbonyl (C=O) groups excluding carboxylic acids is 3. The molecule has 1 aliphatic rings. The van der Waals surface area contributed by atoms with Crippen LogP contribution in [0.5, 0.6) is 0 Å². The number of amides is 2. The van der Waals surface area contributed by atoms with Crippen LogP contribution in [0.2, 0.25) is 0 Å². The smallest absolute Gasteiger partial charge is 0.305 e. The van der Waals surface area contributed by atoms with Crippen molar-refractivity contribution >= 4 is 45.5 Å². The molecule has 0 fully saturated rings. The van der Waals surface area contributed by atoms with Gasteiger partial charge in [-0.1, -0.05) is 66.7 Å². The summed E-state index contributed by atoms with van der Waals surface area (Å²) in [6.07, 6.45) is -2.00. The van der Waals surface area contributed by atoms with Crippen molar-refractivity contribution in [2.45, 2.75) is 23.5 Å². The van der Waals surface area contributed by atoms with Crippen molar-refractivity contribution in [3.05, 3.63) is 96.1 Å². The van der Waals surface area contributed by atoms with Crippen molar-refractivity contribution < 1.29 is 32.7 Å². The number of nitrogens with zero attached hydrogens (tertiary/aromatic N) is 2. The van der Waals surface area contributed by atoms with Crippen LogP contribution in [-0.2, 0) is 29.2 Å². The van der Waals surface area contributed by atoms with Crippen LogP contribution in [0, 0.1) is 0 Å². The molecule has 12 heteroatoms. The maximum Gasteiger partial charge on any atom is 0.305 e. The van der Waals surface area contributed by atoms with E-state index >= 15 is 0 Å². The Kier molecular flexibility index (Phi) is 8.27. The number of hydrogen-bond donors (Lipinski definition) is 3. The third-order valence-electron chi connectivity index (χ3n) is 5.78. The van der Waals surface area contributed by atoms with Gasteiger partial charge in [-0.25, -0.2) is 8.42 Å². The Morgan fingerprint density at radius 3 is 2.23 bits per heavy atom. The fraction of sp³-hybridized carbons (Fsp3) is 0.148. The fourth-order valence-electron chi connectivity index (χ4n) is 4.03. The molecule has 0 aliphatic carbocycles. The van der Waals surface area contributed by atoms with E-state index in [1.807, 2.05) is 0 Å². The van der Waals surface area contributed by atoms with Crippen LogP contribution in [0.3, 0.4) is 0 Å². The first kappa shape index (κ1) is 27.4. The molecule has 2 atom stereocenters. The molecule has 4 rings (SSSR count). The van der Waals surface area contributed by atoms with Crippen LogP contribution in [-0.4, -0.2) is 62.1 Å². The summed E-state index contributed by atoms with van der Waals surface area (Å²) in [6, 6.07) is 21.6. The van der Waals surface area contributed by atoms with Gasteiger partial charge in [0, 0.05) is 11.1 Å². The zero-order valence-electron chi connectivity index (χ0n) is 20.4. The summed E-state index contributed by atoms with van der Waals surface area (Å²) in [7, 11) is -4.21. The molecular formula is C27H24N4O7S. The van der Waals surface area contributed by atoms with Crippen molar-refractivity contribution in [1.82, 2.24) is 10.0 Å². The molecule has 39 heavy (non-hydrogen) atoms. The van der Waals surface area contributed by atoms with Crippen molar-refractivity contribution in [2.24, 2.45) is 4.99 Å². The molecule has 0 aromatic heterocycles. The molecule has 0 bridgehead atoms. The van der Waals surface area contributed by atoms with Crippen molar-refractivity contribution in [1.29, 1.82) is 0 Å². The van der Waals surface area contributed by atoms with Crippen molar-refractivity contribution in [2.75, 3.05) is 11.4 Å². The largest absolute Gasteiger partial charge is 0.481 e. The number of anilines is 1. The monoisotopic (exact) mass is 548 g/mol. The van der Waals surface area contributed by atoms with E-state index in [4.69, 9.17) is 5.11 Å². The first-order chi connectivity index (χ1) is 18.7. The normalized spacial score (nSPS) is 15.9. The lowest BCUT2D eigenvalue weighted by Gasteiger charge is -2.25. The Balaban J connectivity index is 1.77. The van der Waals surface area contributed by atoms with Gasteiger partial charge in [-0.3, -0.25) is 24.3 Å². The lowest BCUT2D eigenvalue weighted by molar-refractivity contribution is -0.138. The number of benzene rings is 3. The first-order valence-electron chi connectivity index (χ1n) is 11.8. The van der Waals surface area contributed by atoms with Crippen molar-refractivity contribution in [3.63, 3.8) is 0 Å². The number of nitrogens with one attached hydrogen (secondary N) is 2. The summed E-state index contributed by atoms with van der Waals surface area (Å²) in [5.74, 6) is -2.95. The van der Waals surface area contributed by atoms with E-state index in [2.05, 4.69) is 15.0 Å². The molecule has 11 nitrogen and oxygen atoms in total. The van der Waals surface area contributed by atoms with Gasteiger partial charge >= 0.3 is 5.97 Å². The molecule has 1 aliphatic heterocycles. The first-order valence-corrected chi connectivity index (χ1v) is 13.3. The van der Waals surface area contributed by atoms with Gasteiger partial charge in [0.2, 0.25) is 15.9 Å². The molecule has 0 spiro atoms. The second-order valence-corrected chi connectivity index (χ2v) is 10.2. The summed E-state index contributed by atoms with van der Waals surface area (Å²) in [5.41, 5.74) is 1.67. The maximum absolute atomic E-state index is 13.8. The standard InChI is InChI=1S/C27H24N4O7S/c32-17-19(15-24(34)35)28-23(33)16-31-22-14-8-7-13-21(22)25(18-9-3-1-4-10-18)29-26(27(31)36)30-39(37,38)20-11-5-2-6-12-20/h1-14,17,19,26,30H,15-16H2,(H,28,33)(H,34,35)/t19-,26?/m0/s1. The minimum Gasteiger partial charge on any atom is -0.481 e. The molecule has 3 aromatic carbocycles. The van der Waals surface area contributed by atoms with Gasteiger partial charge in [0.25, 0.3) is 5.91 Å². The zero-order valence-corrected chi connectivity index (χ0v) is 21.2. The van der Waals surface area contributed by atoms with Crippen LogP contribution >= 0.6 is 0 Å². The second kappa shape index (κ2) is 11.8. The summed E-state index contributed by atoms with van der Waals surface area (Å²) in [6.45, 7) is -0.624. The highest BCUT2D eigenvalue weighted by Gasteiger charge is 2.36. The average molecular weight is 549 g/mol. The summed E-state index contributed by atoms with van der Waals surface area (Å²) in [4.78, 5) is 54.5. The highest BCUT2D eigenvalue weighted by atomic mass is 32.2. The summed E-state index contributed by atoms with van der Waals surface area (Å²) < 4.78 is 28.7. The topological polar surface area (TPSA) is 162 Å². The Morgan fingerprint density at radius 1 is 0.974 bits per heavy atom. The number of sulfonamides is 1. The third-order valence-corrected chi connectivity index (χ3v) is 7.21. The number of para-hydroxylation sites is 1. The number of aliphatic imine (C=N–C) groups is 1. The molecule has 1 heterocycles. The van der Waals surface area contributed by atoms with E-state index in [1.54, 1.807) is 60.7 Å². The van der Waals surface area contributed by atoms with Gasteiger partial charge in [0.05, 0.1) is 28.8 Å². The van der Waals surface area contributed by atoms with Crippen LogP contribution < -0.4 is 14.9 Å². The Hall–Kier alpha value is -4.68. The van der Waals surface area contributed by atoms with E-state index in [0.29, 0.717) is 16.8 Å². The average Bonchev–Trinajstić information content (AvgIpc) is 3.04. The number of aliphatic carboxylic acids is 1. The molecule has 2 amide bonds. The number of aldehydes is 1. The molecule has 3 aromatic rings. The minimum atomic E-state index is -4.21. The van der Waals surface area contributed by atoms with Gasteiger partial charge in [-0.15, -0.1) is 0 Å². The summed E-state index contributed by atoms with van der Waals surface area (Å²) in [5, 5.41) is 11.3. The van der Waals surface area contributed by atoms with E-state index in [1.165, 1.54) is 24.3 Å². The number of carbonyl (C=O) groups is 4. The number of rotatable bonds is 10. The highest BCUT2D eigenvalue weighted by Crippen LogP contribution is 2.28. The lowest BCUT2D eigenvalue weighted by atomic mass is 10.0. The molecule has 200 valence electrons. The molecule has 3 N–H and O–H groups in total. The second-order valence-electron chi connectivity index (χ2n) is 8.53. The van der Waals surface area contributed by atoms with Crippen LogP contribution in [0.4, 0.5) is 5.69 Å². The van der Waals surface area contributed by atoms with E-state index in [-0.39, 0.29) is 16.9 Å². The Bertz CT molecular complexity index is 1530. The molecular weight excluding hydrogens is 524 g/mol. The SMILES string of the molecule is O=C[C@H](CC(=O)O)NC(=O)CN1C(=O)C(NS(=O)(=O)c2ccccc2)N=C(c2ccccc2)c2ccccc21. The van der Waals surface area contributed by atoms with Crippen LogP contribution in [0.15, 0.2) is 94.8 Å². The van der Waals surface area contributed by atoms with Gasteiger partial charge < -0.3 is 15.2 Å². The van der Waals surface area contributed by atoms with Crippen LogP contribution in [0.25, 0.3) is 0 Å². The minimum absolute atomic E-state index is 0.0807. The number of carboxylic acids is 1. The Morgan fingerprint density at radius 2 is 1.59 bits per heavy atom. The quantitative estimate of drug-likeness (QED) is 0.322. The highest BCUT2D eigenvalue weighted by molar-refractivity contribution is 7.89. The predicted octanol–water partition coefficient (Wildman–Crippen LogP) is 1.33. The van der Waals surface area contributed by atoms with Crippen molar-refractivity contribution in [3.8, 4) is 0 Å². The number of benzodiazepines with no additional fused rings is 1. The molecule has 0 saturated carbocycles. The van der Waals surface area contributed by atoms with Crippen LogP contribution in [0.1, 0.15) is 17.5 Å². The molecule has 1 unspecified atom stereocenters.